The van der Waals surface area contributed by atoms with Gasteiger partial charge >= 0.3 is 5.97 Å². The first kappa shape index (κ1) is 26.8. The number of para-hydroxylation sites is 1. The van der Waals surface area contributed by atoms with E-state index in [4.69, 9.17) is 4.74 Å². The van der Waals surface area contributed by atoms with E-state index in [0.717, 1.165) is 10.8 Å². The molecule has 38 heavy (non-hydrogen) atoms. The van der Waals surface area contributed by atoms with E-state index < -0.39 is 21.1 Å². The lowest BCUT2D eigenvalue weighted by Gasteiger charge is -2.14. The molecule has 3 aromatic carbocycles. The Balaban J connectivity index is 1.43. The van der Waals surface area contributed by atoms with Crippen molar-refractivity contribution in [2.45, 2.75) is 43.3 Å². The van der Waals surface area contributed by atoms with Crippen LogP contribution in [-0.4, -0.2) is 35.6 Å². The fourth-order valence-electron chi connectivity index (χ4n) is 4.22. The summed E-state index contributed by atoms with van der Waals surface area (Å²) in [6.07, 6.45) is 2.67. The van der Waals surface area contributed by atoms with Crippen molar-refractivity contribution in [1.29, 1.82) is 0 Å². The molecular weight excluding hydrogens is 504 g/mol. The molecule has 0 atom stereocenters. The Morgan fingerprint density at radius 1 is 0.947 bits per heavy atom. The third-order valence-electron chi connectivity index (χ3n) is 6.28. The van der Waals surface area contributed by atoms with E-state index in [1.165, 1.54) is 18.3 Å². The van der Waals surface area contributed by atoms with Crippen molar-refractivity contribution >= 4 is 38.2 Å². The fourth-order valence-corrected chi connectivity index (χ4v) is 6.03. The van der Waals surface area contributed by atoms with E-state index in [1.54, 1.807) is 48.5 Å². The van der Waals surface area contributed by atoms with Crippen LogP contribution < -0.4 is 10.1 Å². The number of fused-ring (bicyclic) bond motifs is 1. The van der Waals surface area contributed by atoms with Gasteiger partial charge in [0.15, 0.2) is 9.84 Å². The first-order valence-electron chi connectivity index (χ1n) is 12.2. The molecule has 1 aromatic heterocycles. The summed E-state index contributed by atoms with van der Waals surface area (Å²) in [4.78, 5) is 28.3. The summed E-state index contributed by atoms with van der Waals surface area (Å²) in [5, 5.41) is 13.1. The third kappa shape index (κ3) is 6.00. The first-order chi connectivity index (χ1) is 18.2. The number of carbonyl (C=O) groups excluding carboxylic acids is 1. The maximum atomic E-state index is 12.9. The van der Waals surface area contributed by atoms with Crippen molar-refractivity contribution in [3.8, 4) is 11.6 Å². The van der Waals surface area contributed by atoms with Crippen molar-refractivity contribution in [3.05, 3.63) is 90.1 Å². The first-order valence-corrected chi connectivity index (χ1v) is 13.8. The predicted octanol–water partition coefficient (Wildman–Crippen LogP) is 5.87. The number of nitrogens with zero attached hydrogens (tertiary/aromatic N) is 1. The molecule has 0 unspecified atom stereocenters. The van der Waals surface area contributed by atoms with Gasteiger partial charge in [0.05, 0.1) is 27.8 Å². The zero-order valence-electron chi connectivity index (χ0n) is 21.0. The summed E-state index contributed by atoms with van der Waals surface area (Å²) in [6, 6.07) is 20.0. The molecular formula is C29H28N2O6S. The Bertz CT molecular complexity index is 1580. The highest BCUT2D eigenvalue weighted by Crippen LogP contribution is 2.29. The van der Waals surface area contributed by atoms with Crippen LogP contribution in [-0.2, 0) is 21.1 Å². The lowest BCUT2D eigenvalue weighted by atomic mass is 10.1. The Morgan fingerprint density at radius 2 is 1.66 bits per heavy atom. The van der Waals surface area contributed by atoms with Gasteiger partial charge in [0.1, 0.15) is 5.75 Å². The van der Waals surface area contributed by atoms with E-state index in [9.17, 15) is 23.1 Å². The second-order valence-electron chi connectivity index (χ2n) is 8.84. The summed E-state index contributed by atoms with van der Waals surface area (Å²) >= 11 is 0. The third-order valence-corrected chi connectivity index (χ3v) is 8.73. The standard InChI is InChI=1S/C29H28N2O6S/c1-3-23(4-2)38(35,36)24-13-11-20-16-22(12-10-21(20)17-24)37-28-14-9-19(18-30-28)15-27(32)31-26-8-6-5-7-25(26)29(33)34/h5-14,16-18,23H,3-4,15H2,1-2H3,(H,31,32)(H,33,34). The number of pyridine rings is 1. The number of aromatic carboxylic acids is 1. The summed E-state index contributed by atoms with van der Waals surface area (Å²) in [6.45, 7) is 3.76. The number of carboxylic acid groups (broad SMARTS) is 1. The number of carbonyl (C=O) groups is 2. The van der Waals surface area contributed by atoms with Crippen molar-refractivity contribution in [1.82, 2.24) is 4.98 Å². The molecule has 0 aliphatic carbocycles. The van der Waals surface area contributed by atoms with E-state index in [-0.39, 0.29) is 23.6 Å². The van der Waals surface area contributed by atoms with E-state index in [2.05, 4.69) is 10.3 Å². The molecule has 2 N–H and O–H groups in total. The van der Waals surface area contributed by atoms with E-state index in [0.29, 0.717) is 34.9 Å². The second kappa shape index (κ2) is 11.4. The fraction of sp³-hybridized carbons (Fsp3) is 0.207. The summed E-state index contributed by atoms with van der Waals surface area (Å²) in [5.41, 5.74) is 0.879. The molecule has 1 amide bonds. The quantitative estimate of drug-likeness (QED) is 0.262. The second-order valence-corrected chi connectivity index (χ2v) is 11.1. The number of anilines is 1. The number of amides is 1. The smallest absolute Gasteiger partial charge is 0.337 e. The molecule has 9 heteroatoms. The van der Waals surface area contributed by atoms with Gasteiger partial charge < -0.3 is 15.2 Å². The van der Waals surface area contributed by atoms with Crippen LogP contribution in [0.15, 0.2) is 83.9 Å². The highest BCUT2D eigenvalue weighted by molar-refractivity contribution is 7.92. The van der Waals surface area contributed by atoms with Gasteiger partial charge in [-0.25, -0.2) is 18.2 Å². The maximum Gasteiger partial charge on any atom is 0.337 e. The Kier molecular flexibility index (Phi) is 8.07. The van der Waals surface area contributed by atoms with Gasteiger partial charge in [-0.3, -0.25) is 4.79 Å². The van der Waals surface area contributed by atoms with Gasteiger partial charge in [0.2, 0.25) is 11.8 Å². The van der Waals surface area contributed by atoms with Crippen LogP contribution in [0.1, 0.15) is 42.6 Å². The van der Waals surface area contributed by atoms with Crippen LogP contribution in [0, 0.1) is 0 Å². The minimum Gasteiger partial charge on any atom is -0.478 e. The zero-order valence-corrected chi connectivity index (χ0v) is 21.9. The lowest BCUT2D eigenvalue weighted by molar-refractivity contribution is -0.115. The molecule has 4 rings (SSSR count). The topological polar surface area (TPSA) is 123 Å². The number of ether oxygens (including phenoxy) is 1. The summed E-state index contributed by atoms with van der Waals surface area (Å²) < 4.78 is 31.6. The maximum absolute atomic E-state index is 12.9. The van der Waals surface area contributed by atoms with Crippen molar-refractivity contribution in [2.75, 3.05) is 5.32 Å². The van der Waals surface area contributed by atoms with Gasteiger partial charge in [-0.15, -0.1) is 0 Å². The molecule has 0 aliphatic heterocycles. The number of hydrogen-bond acceptors (Lipinski definition) is 6. The molecule has 0 saturated heterocycles. The van der Waals surface area contributed by atoms with Crippen molar-refractivity contribution in [3.63, 3.8) is 0 Å². The Hall–Kier alpha value is -4.24. The number of sulfone groups is 1. The van der Waals surface area contributed by atoms with Crippen molar-refractivity contribution in [2.24, 2.45) is 0 Å². The van der Waals surface area contributed by atoms with Gasteiger partial charge in [-0.2, -0.15) is 0 Å². The Labute approximate surface area is 221 Å². The van der Waals surface area contributed by atoms with Crippen LogP contribution in [0.4, 0.5) is 5.69 Å². The molecule has 0 spiro atoms. The molecule has 8 nitrogen and oxygen atoms in total. The SMILES string of the molecule is CCC(CC)S(=O)(=O)c1ccc2cc(Oc3ccc(CC(=O)Nc4ccccc4C(=O)O)cn3)ccc2c1. The predicted molar refractivity (Wildman–Crippen MR) is 146 cm³/mol. The molecule has 196 valence electrons. The van der Waals surface area contributed by atoms with Crippen LogP contribution in [0.3, 0.4) is 0 Å². The van der Waals surface area contributed by atoms with Crippen LogP contribution >= 0.6 is 0 Å². The number of aromatic nitrogens is 1. The van der Waals surface area contributed by atoms with Gasteiger partial charge in [-0.05, 0) is 65.6 Å². The van der Waals surface area contributed by atoms with Crippen LogP contribution in [0.25, 0.3) is 10.8 Å². The van der Waals surface area contributed by atoms with E-state index in [1.807, 2.05) is 26.0 Å². The number of carboxylic acids is 1. The highest BCUT2D eigenvalue weighted by Gasteiger charge is 2.24. The number of hydrogen-bond donors (Lipinski definition) is 2. The minimum absolute atomic E-state index is 0.0133. The van der Waals surface area contributed by atoms with E-state index >= 15 is 0 Å². The number of rotatable bonds is 10. The van der Waals surface area contributed by atoms with Gasteiger partial charge in [-0.1, -0.05) is 44.2 Å². The molecule has 0 bridgehead atoms. The van der Waals surface area contributed by atoms with Gasteiger partial charge in [0, 0.05) is 12.3 Å². The summed E-state index contributed by atoms with van der Waals surface area (Å²) in [5.74, 6) is -0.617. The van der Waals surface area contributed by atoms with Gasteiger partial charge in [0.25, 0.3) is 0 Å². The average Bonchev–Trinajstić information content (AvgIpc) is 2.90. The molecule has 0 radical (unpaired) electrons. The highest BCUT2D eigenvalue weighted by atomic mass is 32.2. The molecule has 0 aliphatic rings. The monoisotopic (exact) mass is 532 g/mol. The average molecular weight is 533 g/mol. The molecule has 4 aromatic rings. The molecule has 0 fully saturated rings. The van der Waals surface area contributed by atoms with Crippen LogP contribution in [0.5, 0.6) is 11.6 Å². The number of benzene rings is 3. The normalized spacial score (nSPS) is 11.4. The molecule has 1 heterocycles. The Morgan fingerprint density at radius 3 is 2.34 bits per heavy atom. The van der Waals surface area contributed by atoms with Crippen LogP contribution in [0.2, 0.25) is 0 Å². The number of nitrogens with one attached hydrogen (secondary N) is 1. The minimum atomic E-state index is -3.38. The van der Waals surface area contributed by atoms with Crippen molar-refractivity contribution < 1.29 is 27.9 Å². The summed E-state index contributed by atoms with van der Waals surface area (Å²) in [7, 11) is -3.38. The zero-order chi connectivity index (χ0) is 27.3. The molecule has 0 saturated carbocycles. The lowest BCUT2D eigenvalue weighted by Crippen LogP contribution is -2.19. The largest absolute Gasteiger partial charge is 0.478 e.